The van der Waals surface area contributed by atoms with Crippen LogP contribution in [0.1, 0.15) is 13.3 Å². The Kier molecular flexibility index (Phi) is 6.20. The smallest absolute Gasteiger partial charge is 0.156 e. The first kappa shape index (κ1) is 8.62. The van der Waals surface area contributed by atoms with E-state index < -0.39 is 0 Å². The largest absolute Gasteiger partial charge is 0.487 e. The van der Waals surface area contributed by atoms with Crippen LogP contribution in [0, 0.1) is 0 Å². The highest BCUT2D eigenvalue weighted by molar-refractivity contribution is 14.1. The fourth-order valence-electron chi connectivity index (χ4n) is 0.270. The molecule has 48 valence electrons. The predicted octanol–water partition coefficient (Wildman–Crippen LogP) is 2.18. The van der Waals surface area contributed by atoms with Gasteiger partial charge in [-0.15, -0.1) is 0 Å². The molecule has 0 aliphatic rings. The Balaban J connectivity index is 2.82. The Labute approximate surface area is 68.9 Å². The number of alkyl halides is 1. The van der Waals surface area contributed by atoms with Crippen LogP contribution in [-0.2, 0) is 4.74 Å². The predicted molar refractivity (Wildman–Crippen MR) is 47.7 cm³/mol. The van der Waals surface area contributed by atoms with Crippen LogP contribution in [0.2, 0.25) is 0 Å². The second-order valence-electron chi connectivity index (χ2n) is 1.38. The number of hydrogen-bond donors (Lipinski definition) is 0. The van der Waals surface area contributed by atoms with Crippen molar-refractivity contribution in [1.82, 2.24) is 0 Å². The van der Waals surface area contributed by atoms with Crippen molar-refractivity contribution in [3.8, 4) is 0 Å². The van der Waals surface area contributed by atoms with Gasteiger partial charge in [-0.3, -0.25) is 0 Å². The summed E-state index contributed by atoms with van der Waals surface area (Å²) in [5.74, 6) is 0. The summed E-state index contributed by atoms with van der Waals surface area (Å²) in [5, 5.41) is 0.648. The molecule has 0 unspecified atom stereocenters. The molecule has 0 fully saturated rings. The molecule has 0 aromatic carbocycles. The molecular weight excluding hydrogens is 235 g/mol. The van der Waals surface area contributed by atoms with E-state index in [1.807, 2.05) is 0 Å². The van der Waals surface area contributed by atoms with E-state index in [-0.39, 0.29) is 0 Å². The third-order valence-corrected chi connectivity index (χ3v) is 1.46. The van der Waals surface area contributed by atoms with E-state index in [0.717, 1.165) is 17.5 Å². The van der Waals surface area contributed by atoms with Gasteiger partial charge in [-0.2, -0.15) is 0 Å². The molecule has 0 heterocycles. The van der Waals surface area contributed by atoms with Gasteiger partial charge >= 0.3 is 0 Å². The second kappa shape index (κ2) is 5.75. The first-order chi connectivity index (χ1) is 3.77. The van der Waals surface area contributed by atoms with E-state index >= 15 is 0 Å². The minimum atomic E-state index is 0.648. The van der Waals surface area contributed by atoms with Crippen molar-refractivity contribution in [3.05, 3.63) is 0 Å². The van der Waals surface area contributed by atoms with Crippen LogP contribution in [0.25, 0.3) is 0 Å². The quantitative estimate of drug-likeness (QED) is 0.325. The lowest BCUT2D eigenvalue weighted by atomic mass is 10.5. The number of thiocarbonyl (C=S) groups is 1. The van der Waals surface area contributed by atoms with Gasteiger partial charge in [0.1, 0.15) is 0 Å². The number of hydrogen-bond acceptors (Lipinski definition) is 2. The van der Waals surface area contributed by atoms with E-state index in [1.54, 1.807) is 6.92 Å². The summed E-state index contributed by atoms with van der Waals surface area (Å²) in [4.78, 5) is 0. The van der Waals surface area contributed by atoms with Gasteiger partial charge < -0.3 is 4.74 Å². The van der Waals surface area contributed by atoms with Crippen molar-refractivity contribution in [2.45, 2.75) is 13.3 Å². The van der Waals surface area contributed by atoms with Gasteiger partial charge in [-0.1, -0.05) is 22.6 Å². The van der Waals surface area contributed by atoms with Gasteiger partial charge in [-0.25, -0.2) is 0 Å². The van der Waals surface area contributed by atoms with Crippen molar-refractivity contribution in [1.29, 1.82) is 0 Å². The van der Waals surface area contributed by atoms with Crippen LogP contribution in [0.5, 0.6) is 0 Å². The van der Waals surface area contributed by atoms with Crippen LogP contribution in [0.15, 0.2) is 0 Å². The molecule has 0 saturated heterocycles. The molecular formula is C5H9IOS. The molecule has 0 amide bonds. The summed E-state index contributed by atoms with van der Waals surface area (Å²) in [5.41, 5.74) is 0. The lowest BCUT2D eigenvalue weighted by molar-refractivity contribution is 0.313. The van der Waals surface area contributed by atoms with Crippen LogP contribution >= 0.6 is 34.8 Å². The normalized spacial score (nSPS) is 8.75. The first-order valence-corrected chi connectivity index (χ1v) is 4.40. The molecule has 0 aromatic heterocycles. The molecule has 3 heteroatoms. The van der Waals surface area contributed by atoms with Crippen molar-refractivity contribution in [2.75, 3.05) is 11.0 Å². The van der Waals surface area contributed by atoms with Crippen LogP contribution in [0.4, 0.5) is 0 Å². The fourth-order valence-corrected chi connectivity index (χ4v) is 0.665. The van der Waals surface area contributed by atoms with E-state index in [4.69, 9.17) is 4.74 Å². The van der Waals surface area contributed by atoms with Crippen LogP contribution in [0.3, 0.4) is 0 Å². The molecule has 0 spiro atoms. The summed E-state index contributed by atoms with van der Waals surface area (Å²) in [6.45, 7) is 2.57. The molecule has 0 saturated carbocycles. The SMILES string of the molecule is CC(=S)OCCCI. The van der Waals surface area contributed by atoms with Crippen molar-refractivity contribution in [3.63, 3.8) is 0 Å². The maximum atomic E-state index is 5.01. The van der Waals surface area contributed by atoms with Gasteiger partial charge in [0.05, 0.1) is 6.61 Å². The summed E-state index contributed by atoms with van der Waals surface area (Å²) >= 11 is 7.00. The van der Waals surface area contributed by atoms with E-state index in [2.05, 4.69) is 34.8 Å². The highest BCUT2D eigenvalue weighted by Crippen LogP contribution is 1.89. The maximum Gasteiger partial charge on any atom is 0.156 e. The molecule has 0 bridgehead atoms. The highest BCUT2D eigenvalue weighted by Gasteiger charge is 1.85. The molecule has 8 heavy (non-hydrogen) atoms. The molecule has 0 atom stereocenters. The van der Waals surface area contributed by atoms with Gasteiger partial charge in [0.15, 0.2) is 5.05 Å². The number of rotatable bonds is 3. The molecule has 0 radical (unpaired) electrons. The lowest BCUT2D eigenvalue weighted by Gasteiger charge is -1.98. The van der Waals surface area contributed by atoms with Crippen molar-refractivity contribution < 1.29 is 4.74 Å². The highest BCUT2D eigenvalue weighted by atomic mass is 127. The fraction of sp³-hybridized carbons (Fsp3) is 0.800. The standard InChI is InChI=1S/C5H9IOS/c1-5(8)7-4-2-3-6/h2-4H2,1H3. The maximum absolute atomic E-state index is 5.01. The van der Waals surface area contributed by atoms with E-state index in [0.29, 0.717) is 5.05 Å². The monoisotopic (exact) mass is 244 g/mol. The Bertz CT molecular complexity index is 74.8. The van der Waals surface area contributed by atoms with Gasteiger partial charge in [0, 0.05) is 11.4 Å². The number of ether oxygens (including phenoxy) is 1. The zero-order valence-corrected chi connectivity index (χ0v) is 7.79. The topological polar surface area (TPSA) is 9.23 Å². The number of halogens is 1. The third kappa shape index (κ3) is 6.62. The van der Waals surface area contributed by atoms with Crippen molar-refractivity contribution >= 4 is 39.9 Å². The summed E-state index contributed by atoms with van der Waals surface area (Å²) < 4.78 is 6.15. The van der Waals surface area contributed by atoms with Gasteiger partial charge in [0.25, 0.3) is 0 Å². The molecule has 1 nitrogen and oxygen atoms in total. The second-order valence-corrected chi connectivity index (χ2v) is 3.04. The molecule has 0 aliphatic heterocycles. The Morgan fingerprint density at radius 2 is 2.38 bits per heavy atom. The molecule has 0 aliphatic carbocycles. The Hall–Kier alpha value is 0.620. The minimum Gasteiger partial charge on any atom is -0.487 e. The lowest BCUT2D eigenvalue weighted by Crippen LogP contribution is -1.97. The van der Waals surface area contributed by atoms with Gasteiger partial charge in [-0.05, 0) is 18.6 Å². The summed E-state index contributed by atoms with van der Waals surface area (Å²) in [7, 11) is 0. The minimum absolute atomic E-state index is 0.648. The summed E-state index contributed by atoms with van der Waals surface area (Å²) in [6.07, 6.45) is 1.09. The average molecular weight is 244 g/mol. The Morgan fingerprint density at radius 1 is 1.75 bits per heavy atom. The van der Waals surface area contributed by atoms with Crippen molar-refractivity contribution in [2.24, 2.45) is 0 Å². The van der Waals surface area contributed by atoms with Gasteiger partial charge in [0.2, 0.25) is 0 Å². The van der Waals surface area contributed by atoms with E-state index in [9.17, 15) is 0 Å². The first-order valence-electron chi connectivity index (χ1n) is 2.46. The van der Waals surface area contributed by atoms with Crippen LogP contribution < -0.4 is 0 Å². The molecule has 0 aromatic rings. The summed E-state index contributed by atoms with van der Waals surface area (Å²) in [6, 6.07) is 0. The average Bonchev–Trinajstić information content (AvgIpc) is 1.66. The Morgan fingerprint density at radius 3 is 2.75 bits per heavy atom. The van der Waals surface area contributed by atoms with E-state index in [1.165, 1.54) is 0 Å². The zero-order chi connectivity index (χ0) is 6.41. The van der Waals surface area contributed by atoms with Crippen LogP contribution in [-0.4, -0.2) is 16.1 Å². The molecule has 0 rings (SSSR count). The zero-order valence-electron chi connectivity index (χ0n) is 4.82. The molecule has 0 N–H and O–H groups in total. The third-order valence-electron chi connectivity index (χ3n) is 0.583.